The van der Waals surface area contributed by atoms with Gasteiger partial charge in [0.25, 0.3) is 0 Å². The number of hydrogen-bond donors (Lipinski definition) is 1. The standard InChI is InChI=1S/C25H25N3O3/c1-16(26-13-18-11-23(29-3)25-24(12-18)30-15-31-25)21-14-27-28(17(21)2)22-10-6-8-19-7-4-5-9-20(19)22/h4-12,14,16,26H,13,15H2,1-3H3/t16-/m0/s1. The van der Waals surface area contributed by atoms with Crippen molar-refractivity contribution in [1.29, 1.82) is 0 Å². The molecular weight excluding hydrogens is 390 g/mol. The molecule has 1 aromatic heterocycles. The van der Waals surface area contributed by atoms with E-state index in [4.69, 9.17) is 19.3 Å². The van der Waals surface area contributed by atoms with Crippen molar-refractivity contribution in [2.45, 2.75) is 26.4 Å². The van der Waals surface area contributed by atoms with Crippen LogP contribution in [0.5, 0.6) is 17.2 Å². The highest BCUT2D eigenvalue weighted by Gasteiger charge is 2.21. The smallest absolute Gasteiger partial charge is 0.231 e. The molecule has 6 nitrogen and oxygen atoms in total. The number of methoxy groups -OCH3 is 1. The van der Waals surface area contributed by atoms with E-state index in [1.54, 1.807) is 7.11 Å². The van der Waals surface area contributed by atoms with E-state index in [2.05, 4.69) is 61.6 Å². The summed E-state index contributed by atoms with van der Waals surface area (Å²) in [5, 5.41) is 10.7. The van der Waals surface area contributed by atoms with Crippen molar-refractivity contribution in [2.24, 2.45) is 0 Å². The number of benzene rings is 3. The second-order valence-electron chi connectivity index (χ2n) is 7.73. The third-order valence-electron chi connectivity index (χ3n) is 5.84. The van der Waals surface area contributed by atoms with Crippen LogP contribution in [0.25, 0.3) is 16.5 Å². The number of nitrogens with one attached hydrogen (secondary N) is 1. The molecule has 0 saturated heterocycles. The van der Waals surface area contributed by atoms with E-state index >= 15 is 0 Å². The second kappa shape index (κ2) is 7.96. The minimum Gasteiger partial charge on any atom is -0.493 e. The molecule has 1 aliphatic heterocycles. The molecule has 0 fully saturated rings. The van der Waals surface area contributed by atoms with Crippen molar-refractivity contribution in [3.8, 4) is 22.9 Å². The van der Waals surface area contributed by atoms with Crippen LogP contribution in [0, 0.1) is 6.92 Å². The first-order valence-electron chi connectivity index (χ1n) is 10.4. The van der Waals surface area contributed by atoms with Crippen LogP contribution < -0.4 is 19.5 Å². The lowest BCUT2D eigenvalue weighted by molar-refractivity contribution is 0.171. The van der Waals surface area contributed by atoms with Gasteiger partial charge in [0, 0.05) is 29.2 Å². The van der Waals surface area contributed by atoms with Gasteiger partial charge in [0.15, 0.2) is 11.5 Å². The average Bonchev–Trinajstić information content (AvgIpc) is 3.43. The third kappa shape index (κ3) is 3.49. The Morgan fingerprint density at radius 1 is 1.13 bits per heavy atom. The van der Waals surface area contributed by atoms with E-state index in [1.165, 1.54) is 16.3 Å². The average molecular weight is 415 g/mol. The highest BCUT2D eigenvalue weighted by molar-refractivity contribution is 5.90. The van der Waals surface area contributed by atoms with Crippen molar-refractivity contribution in [3.05, 3.63) is 77.6 Å². The van der Waals surface area contributed by atoms with Crippen LogP contribution in [0.4, 0.5) is 0 Å². The first-order chi connectivity index (χ1) is 15.2. The number of hydrogen-bond acceptors (Lipinski definition) is 5. The molecule has 5 rings (SSSR count). The van der Waals surface area contributed by atoms with Crippen LogP contribution in [-0.2, 0) is 6.54 Å². The summed E-state index contributed by atoms with van der Waals surface area (Å²) in [5.74, 6) is 2.09. The number of nitrogens with zero attached hydrogens (tertiary/aromatic N) is 2. The van der Waals surface area contributed by atoms with Crippen molar-refractivity contribution in [2.75, 3.05) is 13.9 Å². The van der Waals surface area contributed by atoms with Crippen molar-refractivity contribution < 1.29 is 14.2 Å². The van der Waals surface area contributed by atoms with Crippen LogP contribution in [-0.4, -0.2) is 23.7 Å². The molecule has 0 saturated carbocycles. The van der Waals surface area contributed by atoms with Gasteiger partial charge in [0.05, 0.1) is 19.0 Å². The Labute approximate surface area is 181 Å². The lowest BCUT2D eigenvalue weighted by atomic mass is 10.1. The van der Waals surface area contributed by atoms with Gasteiger partial charge in [-0.3, -0.25) is 0 Å². The van der Waals surface area contributed by atoms with Crippen LogP contribution in [0.3, 0.4) is 0 Å². The monoisotopic (exact) mass is 415 g/mol. The number of aromatic nitrogens is 2. The maximum atomic E-state index is 5.54. The van der Waals surface area contributed by atoms with Gasteiger partial charge in [0.1, 0.15) is 0 Å². The fraction of sp³-hybridized carbons (Fsp3) is 0.240. The van der Waals surface area contributed by atoms with Crippen molar-refractivity contribution >= 4 is 10.8 Å². The summed E-state index contributed by atoms with van der Waals surface area (Å²) >= 11 is 0. The fourth-order valence-electron chi connectivity index (χ4n) is 4.15. The first-order valence-corrected chi connectivity index (χ1v) is 10.4. The highest BCUT2D eigenvalue weighted by atomic mass is 16.7. The number of rotatable bonds is 6. The summed E-state index contributed by atoms with van der Waals surface area (Å²) in [4.78, 5) is 0. The molecule has 31 heavy (non-hydrogen) atoms. The molecule has 3 aromatic carbocycles. The molecule has 6 heteroatoms. The molecule has 0 spiro atoms. The van der Waals surface area contributed by atoms with E-state index in [0.717, 1.165) is 22.7 Å². The molecule has 1 atom stereocenters. The van der Waals surface area contributed by atoms with Crippen LogP contribution in [0.2, 0.25) is 0 Å². The van der Waals surface area contributed by atoms with Crippen molar-refractivity contribution in [1.82, 2.24) is 15.1 Å². The fourth-order valence-corrected chi connectivity index (χ4v) is 4.15. The normalized spacial score (nSPS) is 13.5. The molecule has 0 unspecified atom stereocenters. The molecule has 1 aliphatic rings. The predicted octanol–water partition coefficient (Wildman–Crippen LogP) is 4.92. The first kappa shape index (κ1) is 19.5. The SMILES string of the molecule is COc1cc(CN[C@@H](C)c2cnn(-c3cccc4ccccc34)c2C)cc2c1OCO2. The maximum absolute atomic E-state index is 5.54. The van der Waals surface area contributed by atoms with E-state index in [1.807, 2.05) is 23.0 Å². The summed E-state index contributed by atoms with van der Waals surface area (Å²) in [5.41, 5.74) is 4.46. The Hall–Kier alpha value is -3.51. The predicted molar refractivity (Wildman–Crippen MR) is 120 cm³/mol. The molecule has 2 heterocycles. The zero-order chi connectivity index (χ0) is 21.4. The summed E-state index contributed by atoms with van der Waals surface area (Å²) < 4.78 is 18.5. The van der Waals surface area contributed by atoms with E-state index in [-0.39, 0.29) is 12.8 Å². The zero-order valence-electron chi connectivity index (χ0n) is 17.9. The van der Waals surface area contributed by atoms with Gasteiger partial charge < -0.3 is 19.5 Å². The van der Waals surface area contributed by atoms with Crippen molar-refractivity contribution in [3.63, 3.8) is 0 Å². The minimum atomic E-state index is 0.125. The van der Waals surface area contributed by atoms with E-state index < -0.39 is 0 Å². The second-order valence-corrected chi connectivity index (χ2v) is 7.73. The lowest BCUT2D eigenvalue weighted by Gasteiger charge is -2.15. The highest BCUT2D eigenvalue weighted by Crippen LogP contribution is 2.41. The van der Waals surface area contributed by atoms with Gasteiger partial charge in [-0.15, -0.1) is 0 Å². The van der Waals surface area contributed by atoms with Gasteiger partial charge >= 0.3 is 0 Å². The summed E-state index contributed by atoms with van der Waals surface area (Å²) in [6.45, 7) is 5.17. The topological polar surface area (TPSA) is 57.5 Å². The Balaban J connectivity index is 1.38. The molecule has 158 valence electrons. The van der Waals surface area contributed by atoms with Crippen LogP contribution >= 0.6 is 0 Å². The number of fused-ring (bicyclic) bond motifs is 2. The summed E-state index contributed by atoms with van der Waals surface area (Å²) in [7, 11) is 1.64. The quantitative estimate of drug-likeness (QED) is 0.484. The van der Waals surface area contributed by atoms with E-state index in [9.17, 15) is 0 Å². The Morgan fingerprint density at radius 3 is 2.84 bits per heavy atom. The molecular formula is C25H25N3O3. The lowest BCUT2D eigenvalue weighted by Crippen LogP contribution is -2.18. The van der Waals surface area contributed by atoms with Gasteiger partial charge in [-0.1, -0.05) is 36.4 Å². The third-order valence-corrected chi connectivity index (χ3v) is 5.84. The van der Waals surface area contributed by atoms with Gasteiger partial charge in [-0.05, 0) is 43.0 Å². The summed E-state index contributed by atoms with van der Waals surface area (Å²) in [6, 6.07) is 18.8. The largest absolute Gasteiger partial charge is 0.493 e. The molecule has 1 N–H and O–H groups in total. The van der Waals surface area contributed by atoms with Gasteiger partial charge in [-0.2, -0.15) is 5.10 Å². The van der Waals surface area contributed by atoms with Crippen LogP contribution in [0.15, 0.2) is 60.8 Å². The van der Waals surface area contributed by atoms with E-state index in [0.29, 0.717) is 18.0 Å². The minimum absolute atomic E-state index is 0.125. The van der Waals surface area contributed by atoms with Gasteiger partial charge in [-0.25, -0.2) is 4.68 Å². The zero-order valence-corrected chi connectivity index (χ0v) is 17.9. The molecule has 0 amide bonds. The molecule has 0 radical (unpaired) electrons. The Morgan fingerprint density at radius 2 is 1.97 bits per heavy atom. The van der Waals surface area contributed by atoms with Crippen LogP contribution in [0.1, 0.15) is 29.8 Å². The number of ether oxygens (including phenoxy) is 3. The summed E-state index contributed by atoms with van der Waals surface area (Å²) in [6.07, 6.45) is 1.95. The Kier molecular flexibility index (Phi) is 5.00. The molecule has 0 bridgehead atoms. The van der Waals surface area contributed by atoms with Gasteiger partial charge in [0.2, 0.25) is 12.5 Å². The maximum Gasteiger partial charge on any atom is 0.231 e. The molecule has 4 aromatic rings. The molecule has 0 aliphatic carbocycles. The Bertz CT molecular complexity index is 1240.